The van der Waals surface area contributed by atoms with Gasteiger partial charge in [-0.05, 0) is 146 Å². The second kappa shape index (κ2) is 43.8. The van der Waals surface area contributed by atoms with Crippen LogP contribution in [0.3, 0.4) is 0 Å². The van der Waals surface area contributed by atoms with Crippen molar-refractivity contribution in [2.24, 2.45) is 0 Å². The molecule has 0 spiro atoms. The maximum atomic E-state index is 13.4. The van der Waals surface area contributed by atoms with Crippen LogP contribution < -0.4 is 0 Å². The van der Waals surface area contributed by atoms with E-state index < -0.39 is 234 Å². The number of allylic oxidation sites excluding steroid dienone is 8. The molecule has 0 radical (unpaired) electrons. The Labute approximate surface area is 636 Å². The number of aliphatic hydroxyl groups excluding tert-OH is 19. The highest BCUT2D eigenvalue weighted by atomic mass is 16.8. The molecule has 626 valence electrons. The molecule has 0 amide bonds. The number of hydrogen-bond acceptors (Lipinski definition) is 33. The van der Waals surface area contributed by atoms with Gasteiger partial charge in [-0.3, -0.25) is 0 Å². The van der Waals surface area contributed by atoms with Crippen LogP contribution in [0, 0.1) is 0 Å². The van der Waals surface area contributed by atoms with Crippen LogP contribution in [0.1, 0.15) is 140 Å². The van der Waals surface area contributed by atoms with Crippen LogP contribution in [0.15, 0.2) is 95.2 Å². The summed E-state index contributed by atoms with van der Waals surface area (Å²) in [4.78, 5) is 13.4. The second-order valence-electron chi connectivity index (χ2n) is 30.0. The maximum Gasteiger partial charge on any atom is 0.333 e. The topological polar surface area (TPSA) is 521 Å². The molecule has 0 aromatic heterocycles. The number of ether oxygens (including phenoxy) is 13. The van der Waals surface area contributed by atoms with Crippen LogP contribution in [-0.2, 0) is 66.4 Å². The first kappa shape index (κ1) is 94.0. The van der Waals surface area contributed by atoms with E-state index in [9.17, 15) is 102 Å². The molecule has 6 aliphatic rings. The highest BCUT2D eigenvalue weighted by Crippen LogP contribution is 2.37. The Bertz CT molecular complexity index is 3000. The molecule has 19 N–H and O–H groups in total. The van der Waals surface area contributed by atoms with Crippen LogP contribution in [0.5, 0.6) is 0 Å². The van der Waals surface area contributed by atoms with Gasteiger partial charge in [0.25, 0.3) is 0 Å². The summed E-state index contributed by atoms with van der Waals surface area (Å²) in [6.45, 7) is 22.5. The van der Waals surface area contributed by atoms with Gasteiger partial charge in [0.2, 0.25) is 0 Å². The molecule has 0 aromatic carbocycles. The lowest BCUT2D eigenvalue weighted by Crippen LogP contribution is -2.65. The minimum absolute atomic E-state index is 0.00202. The molecule has 6 aliphatic heterocycles. The van der Waals surface area contributed by atoms with Crippen LogP contribution in [0.2, 0.25) is 0 Å². The Hall–Kier alpha value is -3.85. The van der Waals surface area contributed by atoms with E-state index in [0.29, 0.717) is 51.4 Å². The molecule has 33 nitrogen and oxygen atoms in total. The third-order valence-corrected chi connectivity index (χ3v) is 20.8. The molecule has 33 unspecified atom stereocenters. The minimum Gasteiger partial charge on any atom is -0.453 e. The van der Waals surface area contributed by atoms with E-state index >= 15 is 0 Å². The van der Waals surface area contributed by atoms with Crippen LogP contribution in [0.4, 0.5) is 0 Å². The summed E-state index contributed by atoms with van der Waals surface area (Å²) >= 11 is 0. The Morgan fingerprint density at radius 2 is 0.789 bits per heavy atom. The lowest BCUT2D eigenvalue weighted by Gasteiger charge is -2.47. The van der Waals surface area contributed by atoms with Crippen molar-refractivity contribution >= 4 is 5.97 Å². The summed E-state index contributed by atoms with van der Waals surface area (Å²) in [7, 11) is 0. The predicted octanol–water partition coefficient (Wildman–Crippen LogP) is -1.27. The average Bonchev–Trinajstić information content (AvgIpc) is 0.794. The van der Waals surface area contributed by atoms with Crippen molar-refractivity contribution in [3.8, 4) is 0 Å². The van der Waals surface area contributed by atoms with Crippen molar-refractivity contribution in [2.45, 2.75) is 341 Å². The molecule has 33 atom stereocenters. The van der Waals surface area contributed by atoms with Crippen molar-refractivity contribution in [3.63, 3.8) is 0 Å². The smallest absolute Gasteiger partial charge is 0.333 e. The Kier molecular flexibility index (Phi) is 37.7. The maximum absolute atomic E-state index is 13.4. The molecule has 0 aromatic rings. The third kappa shape index (κ3) is 26.1. The molecule has 6 saturated heterocycles. The molecule has 6 rings (SSSR count). The number of hydrogen-bond donors (Lipinski definition) is 19. The fourth-order valence-electron chi connectivity index (χ4n) is 13.3. The zero-order valence-corrected chi connectivity index (χ0v) is 64.0. The van der Waals surface area contributed by atoms with E-state index in [2.05, 4.69) is 19.2 Å². The van der Waals surface area contributed by atoms with Gasteiger partial charge in [0.05, 0.1) is 62.5 Å². The fraction of sp³-hybridized carbons (Fsp3) is 0.776. The summed E-state index contributed by atoms with van der Waals surface area (Å²) in [5, 5.41) is 202. The minimum atomic E-state index is -1.93. The first-order valence-electron chi connectivity index (χ1n) is 37.3. The van der Waals surface area contributed by atoms with Crippen molar-refractivity contribution in [1.82, 2.24) is 0 Å². The zero-order chi connectivity index (χ0) is 81.1. The third-order valence-electron chi connectivity index (χ3n) is 20.8. The van der Waals surface area contributed by atoms with E-state index in [4.69, 9.17) is 61.6 Å². The number of carbonyl (C=O) groups is 1. The number of esters is 1. The standard InChI is InChI=1S/C76H124O33/c1-13-75(11,108-73-62(93)57(88)53(84)47(33-78)102-73)28-18-26-39(5)22-16-24-40(6)30-45(80)31-42(8)68(96)105-65-50(81)43(9)100-70(63(65)94)98-36-49-55(86)58(89)61(92)72(104-49)106-66-51(82)44(10)99-69(64(66)95)97-35-41(7)25-17-23-37(3)20-15-21-38(4)27-19-29-76(12,14-2)109-74-67(59(90)54(85)48(34-79)103-74)107-71-60(91)56(87)52(83)46(32-77)101-71/h13-14,20,24-27,31,43-67,69-74,77-95H,1-2,15-19,21-23,28-30,32-36H2,3-12H3. The molecule has 0 saturated carbocycles. The Morgan fingerprint density at radius 1 is 0.413 bits per heavy atom. The average molecular weight is 1570 g/mol. The molecular formula is C76H124O33. The quantitative estimate of drug-likeness (QED) is 0.0194. The van der Waals surface area contributed by atoms with Crippen LogP contribution in [0.25, 0.3) is 0 Å². The number of rotatable bonds is 39. The normalized spacial score (nSPS) is 39.8. The summed E-state index contributed by atoms with van der Waals surface area (Å²) in [6.07, 6.45) is -27.5. The van der Waals surface area contributed by atoms with Gasteiger partial charge in [0.1, 0.15) is 128 Å². The summed E-state index contributed by atoms with van der Waals surface area (Å²) in [5.74, 6) is -0.979. The van der Waals surface area contributed by atoms with Crippen molar-refractivity contribution < 1.29 is 163 Å². The first-order chi connectivity index (χ1) is 51.3. The molecule has 109 heavy (non-hydrogen) atoms. The highest BCUT2D eigenvalue weighted by Gasteiger charge is 2.55. The van der Waals surface area contributed by atoms with E-state index in [1.807, 2.05) is 58.9 Å². The second-order valence-corrected chi connectivity index (χ2v) is 30.0. The Morgan fingerprint density at radius 3 is 1.28 bits per heavy atom. The lowest BCUT2D eigenvalue weighted by atomic mass is 9.95. The van der Waals surface area contributed by atoms with E-state index in [1.54, 1.807) is 19.9 Å². The molecular weight excluding hydrogens is 1440 g/mol. The van der Waals surface area contributed by atoms with Crippen molar-refractivity contribution in [2.75, 3.05) is 33.0 Å². The SMILES string of the molecule is C=CC(C)(CCC=C(C)CCC=C(C)CC(O)C=C(C)C(=O)OC1C(O)C(C)OC(OCC2OC(OC3C(O)C(C)OC(OCC(C)=CCCC(C)=CCCC(C)=CCCC(C)(C=C)OC4OC(CO)C(O)C(O)C4OC4OC(CO)C(O)C(O)C4O)C3O)C(O)C(O)C2O)C1O)OC1OC(CO)C(O)C(O)C1O. The van der Waals surface area contributed by atoms with E-state index in [0.717, 1.165) is 40.7 Å². The summed E-state index contributed by atoms with van der Waals surface area (Å²) in [5.41, 5.74) is 2.72. The van der Waals surface area contributed by atoms with Gasteiger partial charge < -0.3 is 159 Å². The van der Waals surface area contributed by atoms with Gasteiger partial charge in [-0.25, -0.2) is 4.79 Å². The van der Waals surface area contributed by atoms with Gasteiger partial charge in [0.15, 0.2) is 43.8 Å². The van der Waals surface area contributed by atoms with Gasteiger partial charge in [-0.15, -0.1) is 13.2 Å². The van der Waals surface area contributed by atoms with Crippen molar-refractivity contribution in [3.05, 3.63) is 95.2 Å². The van der Waals surface area contributed by atoms with Gasteiger partial charge >= 0.3 is 5.97 Å². The van der Waals surface area contributed by atoms with E-state index in [-0.39, 0.29) is 18.6 Å². The highest BCUT2D eigenvalue weighted by molar-refractivity contribution is 5.88. The zero-order valence-electron chi connectivity index (χ0n) is 64.0. The largest absolute Gasteiger partial charge is 0.453 e. The fourth-order valence-corrected chi connectivity index (χ4v) is 13.3. The van der Waals surface area contributed by atoms with Crippen LogP contribution >= 0.6 is 0 Å². The monoisotopic (exact) mass is 1560 g/mol. The molecule has 0 bridgehead atoms. The molecule has 6 heterocycles. The predicted molar refractivity (Wildman–Crippen MR) is 385 cm³/mol. The molecule has 0 aliphatic carbocycles. The van der Waals surface area contributed by atoms with E-state index in [1.165, 1.54) is 32.9 Å². The van der Waals surface area contributed by atoms with Crippen LogP contribution in [-0.4, -0.2) is 338 Å². The van der Waals surface area contributed by atoms with Gasteiger partial charge in [-0.2, -0.15) is 0 Å². The number of carbonyl (C=O) groups excluding carboxylic acids is 1. The number of aliphatic hydroxyl groups is 19. The summed E-state index contributed by atoms with van der Waals surface area (Å²) in [6, 6.07) is 0. The van der Waals surface area contributed by atoms with Gasteiger partial charge in [0, 0.05) is 5.57 Å². The molecule has 6 fully saturated rings. The van der Waals surface area contributed by atoms with Crippen molar-refractivity contribution in [1.29, 1.82) is 0 Å². The van der Waals surface area contributed by atoms with Gasteiger partial charge in [-0.1, -0.05) is 70.4 Å². The molecule has 33 heteroatoms. The first-order valence-corrected chi connectivity index (χ1v) is 37.3. The Balaban J connectivity index is 0.924. The summed E-state index contributed by atoms with van der Waals surface area (Å²) < 4.78 is 75.6. The lowest BCUT2D eigenvalue weighted by molar-refractivity contribution is -0.375.